The maximum atomic E-state index is 13.5. The van der Waals surface area contributed by atoms with Crippen LogP contribution in [0.5, 0.6) is 0 Å². The first-order valence-electron chi connectivity index (χ1n) is 5.47. The van der Waals surface area contributed by atoms with Crippen LogP contribution in [-0.4, -0.2) is 35.6 Å². The van der Waals surface area contributed by atoms with Gasteiger partial charge in [-0.3, -0.25) is 4.79 Å². The summed E-state index contributed by atoms with van der Waals surface area (Å²) in [5, 5.41) is 9.02. The molecule has 92 valence electrons. The topological polar surface area (TPSA) is 40.5 Å². The van der Waals surface area contributed by atoms with E-state index in [0.29, 0.717) is 17.6 Å². The Labute approximate surface area is 107 Å². The fourth-order valence-electron chi connectivity index (χ4n) is 2.00. The predicted octanol–water partition coefficient (Wildman–Crippen LogP) is 2.04. The van der Waals surface area contributed by atoms with E-state index in [2.05, 4.69) is 15.9 Å². The van der Waals surface area contributed by atoms with Crippen molar-refractivity contribution in [2.24, 2.45) is 5.92 Å². The molecule has 1 aromatic rings. The number of hydrogen-bond acceptors (Lipinski definition) is 2. The Bertz CT molecular complexity index is 439. The Balaban J connectivity index is 2.17. The van der Waals surface area contributed by atoms with Crippen LogP contribution in [0.25, 0.3) is 0 Å². The molecule has 0 radical (unpaired) electrons. The maximum absolute atomic E-state index is 13.5. The first-order chi connectivity index (χ1) is 8.11. The second kappa shape index (κ2) is 5.14. The second-order valence-electron chi connectivity index (χ2n) is 4.21. The van der Waals surface area contributed by atoms with E-state index in [0.717, 1.165) is 6.42 Å². The van der Waals surface area contributed by atoms with Gasteiger partial charge in [-0.25, -0.2) is 4.39 Å². The minimum atomic E-state index is -0.509. The molecule has 17 heavy (non-hydrogen) atoms. The molecule has 1 aliphatic rings. The van der Waals surface area contributed by atoms with Crippen molar-refractivity contribution in [2.75, 3.05) is 19.7 Å². The lowest BCUT2D eigenvalue weighted by Gasteiger charge is -2.16. The summed E-state index contributed by atoms with van der Waals surface area (Å²) in [7, 11) is 0. The Morgan fingerprint density at radius 1 is 1.59 bits per heavy atom. The average molecular weight is 302 g/mol. The molecule has 1 amide bonds. The van der Waals surface area contributed by atoms with Gasteiger partial charge in [0.2, 0.25) is 0 Å². The highest BCUT2D eigenvalue weighted by Crippen LogP contribution is 2.21. The number of carbonyl (C=O) groups is 1. The Morgan fingerprint density at radius 2 is 2.35 bits per heavy atom. The van der Waals surface area contributed by atoms with Crippen LogP contribution in [0, 0.1) is 11.7 Å². The van der Waals surface area contributed by atoms with Gasteiger partial charge in [0.1, 0.15) is 5.82 Å². The molecule has 3 nitrogen and oxygen atoms in total. The molecule has 5 heteroatoms. The van der Waals surface area contributed by atoms with Crippen molar-refractivity contribution >= 4 is 21.8 Å². The molecule has 1 atom stereocenters. The lowest BCUT2D eigenvalue weighted by molar-refractivity contribution is 0.0777. The molecule has 0 bridgehead atoms. The van der Waals surface area contributed by atoms with Crippen molar-refractivity contribution < 1.29 is 14.3 Å². The number of rotatable bonds is 2. The largest absolute Gasteiger partial charge is 0.396 e. The van der Waals surface area contributed by atoms with E-state index in [1.807, 2.05) is 0 Å². The standard InChI is InChI=1S/C12H13BrFNO2/c13-9-1-2-11(14)10(5-9)12(17)15-4-3-8(6-15)7-16/h1-2,5,8,16H,3-4,6-7H2. The summed E-state index contributed by atoms with van der Waals surface area (Å²) in [6.07, 6.45) is 0.776. The first-order valence-corrected chi connectivity index (χ1v) is 6.26. The summed E-state index contributed by atoms with van der Waals surface area (Å²) in [5.74, 6) is -0.695. The molecule has 1 unspecified atom stereocenters. The third-order valence-electron chi connectivity index (χ3n) is 2.99. The molecule has 1 saturated heterocycles. The van der Waals surface area contributed by atoms with Crippen LogP contribution in [0.3, 0.4) is 0 Å². The molecule has 1 heterocycles. The van der Waals surface area contributed by atoms with E-state index in [1.54, 1.807) is 11.0 Å². The molecule has 1 aromatic carbocycles. The van der Waals surface area contributed by atoms with Gasteiger partial charge in [-0.15, -0.1) is 0 Å². The molecule has 2 rings (SSSR count). The smallest absolute Gasteiger partial charge is 0.256 e. The molecule has 0 spiro atoms. The molecular weight excluding hydrogens is 289 g/mol. The quantitative estimate of drug-likeness (QED) is 0.908. The monoisotopic (exact) mass is 301 g/mol. The van der Waals surface area contributed by atoms with Crippen molar-refractivity contribution in [1.29, 1.82) is 0 Å². The summed E-state index contributed by atoms with van der Waals surface area (Å²) in [6.45, 7) is 1.15. The number of aliphatic hydroxyl groups is 1. The molecule has 1 aliphatic heterocycles. The van der Waals surface area contributed by atoms with Crippen molar-refractivity contribution in [3.63, 3.8) is 0 Å². The molecular formula is C12H13BrFNO2. The van der Waals surface area contributed by atoms with Crippen LogP contribution in [0.15, 0.2) is 22.7 Å². The summed E-state index contributed by atoms with van der Waals surface area (Å²) in [4.78, 5) is 13.7. The number of carbonyl (C=O) groups excluding carboxylic acids is 1. The van der Waals surface area contributed by atoms with E-state index in [1.165, 1.54) is 12.1 Å². The van der Waals surface area contributed by atoms with E-state index in [4.69, 9.17) is 5.11 Å². The van der Waals surface area contributed by atoms with Crippen LogP contribution in [-0.2, 0) is 0 Å². The third-order valence-corrected chi connectivity index (χ3v) is 3.48. The van der Waals surface area contributed by atoms with Gasteiger partial charge < -0.3 is 10.0 Å². The van der Waals surface area contributed by atoms with E-state index < -0.39 is 5.82 Å². The fourth-order valence-corrected chi connectivity index (χ4v) is 2.36. The number of halogens is 2. The average Bonchev–Trinajstić information content (AvgIpc) is 2.80. The predicted molar refractivity (Wildman–Crippen MR) is 65.2 cm³/mol. The van der Waals surface area contributed by atoms with Gasteiger partial charge in [0.25, 0.3) is 5.91 Å². The number of benzene rings is 1. The summed E-state index contributed by atoms with van der Waals surface area (Å²) < 4.78 is 14.2. The molecule has 0 saturated carbocycles. The Kier molecular flexibility index (Phi) is 3.79. The lowest BCUT2D eigenvalue weighted by Crippen LogP contribution is -2.29. The Morgan fingerprint density at radius 3 is 3.00 bits per heavy atom. The molecule has 0 aromatic heterocycles. The van der Waals surface area contributed by atoms with Crippen LogP contribution in [0.2, 0.25) is 0 Å². The first kappa shape index (κ1) is 12.5. The zero-order valence-corrected chi connectivity index (χ0v) is 10.8. The van der Waals surface area contributed by atoms with E-state index >= 15 is 0 Å². The number of nitrogens with zero attached hydrogens (tertiary/aromatic N) is 1. The summed E-state index contributed by atoms with van der Waals surface area (Å²) in [5.41, 5.74) is 0.0814. The number of aliphatic hydroxyl groups excluding tert-OH is 1. The van der Waals surface area contributed by atoms with Crippen LogP contribution >= 0.6 is 15.9 Å². The summed E-state index contributed by atoms with van der Waals surface area (Å²) in [6, 6.07) is 4.33. The molecule has 1 fully saturated rings. The van der Waals surface area contributed by atoms with Crippen LogP contribution in [0.1, 0.15) is 16.8 Å². The Hall–Kier alpha value is -0.940. The van der Waals surface area contributed by atoms with Gasteiger partial charge in [0, 0.05) is 30.1 Å². The lowest BCUT2D eigenvalue weighted by atomic mass is 10.1. The van der Waals surface area contributed by atoms with Gasteiger partial charge in [-0.05, 0) is 24.6 Å². The maximum Gasteiger partial charge on any atom is 0.256 e. The van der Waals surface area contributed by atoms with Gasteiger partial charge in [-0.2, -0.15) is 0 Å². The van der Waals surface area contributed by atoms with Gasteiger partial charge in [0.15, 0.2) is 0 Å². The van der Waals surface area contributed by atoms with Gasteiger partial charge >= 0.3 is 0 Å². The van der Waals surface area contributed by atoms with Crippen molar-refractivity contribution in [3.8, 4) is 0 Å². The number of amides is 1. The minimum Gasteiger partial charge on any atom is -0.396 e. The van der Waals surface area contributed by atoms with Gasteiger partial charge in [-0.1, -0.05) is 15.9 Å². The van der Waals surface area contributed by atoms with E-state index in [9.17, 15) is 9.18 Å². The second-order valence-corrected chi connectivity index (χ2v) is 5.13. The van der Waals surface area contributed by atoms with Crippen LogP contribution in [0.4, 0.5) is 4.39 Å². The minimum absolute atomic E-state index is 0.0742. The highest BCUT2D eigenvalue weighted by molar-refractivity contribution is 9.10. The van der Waals surface area contributed by atoms with Crippen LogP contribution < -0.4 is 0 Å². The highest BCUT2D eigenvalue weighted by Gasteiger charge is 2.27. The summed E-state index contributed by atoms with van der Waals surface area (Å²) >= 11 is 3.22. The van der Waals surface area contributed by atoms with Gasteiger partial charge in [0.05, 0.1) is 5.56 Å². The molecule has 0 aliphatic carbocycles. The van der Waals surface area contributed by atoms with Crippen molar-refractivity contribution in [2.45, 2.75) is 6.42 Å². The normalized spacial score (nSPS) is 19.7. The number of likely N-dealkylation sites (tertiary alicyclic amines) is 1. The molecule has 1 N–H and O–H groups in total. The van der Waals surface area contributed by atoms with Crippen molar-refractivity contribution in [3.05, 3.63) is 34.1 Å². The van der Waals surface area contributed by atoms with E-state index in [-0.39, 0.29) is 24.0 Å². The highest BCUT2D eigenvalue weighted by atomic mass is 79.9. The zero-order chi connectivity index (χ0) is 12.4. The fraction of sp³-hybridized carbons (Fsp3) is 0.417. The van der Waals surface area contributed by atoms with Crippen molar-refractivity contribution in [1.82, 2.24) is 4.90 Å². The third kappa shape index (κ3) is 2.66. The zero-order valence-electron chi connectivity index (χ0n) is 9.20. The SMILES string of the molecule is O=C(c1cc(Br)ccc1F)N1CCC(CO)C1. The number of hydrogen-bond donors (Lipinski definition) is 1.